The molecule has 0 spiro atoms. The Morgan fingerprint density at radius 1 is 1.42 bits per heavy atom. The highest BCUT2D eigenvalue weighted by Crippen LogP contribution is 2.16. The number of imidazole rings is 1. The molecule has 1 saturated heterocycles. The standard InChI is InChI=1S/C13H18N6/c1-4-13(18-17-5-1)19-8-2-3-11(10-19)16-9-12-14-6-7-15-12/h1,4-7,11,16H,2-3,8-10H2,(H,14,15). The average Bonchev–Trinajstić information content (AvgIpc) is 3.00. The molecule has 0 radical (unpaired) electrons. The first-order valence-corrected chi connectivity index (χ1v) is 6.66. The van der Waals surface area contributed by atoms with Gasteiger partial charge in [0.15, 0.2) is 5.82 Å². The Morgan fingerprint density at radius 2 is 2.42 bits per heavy atom. The van der Waals surface area contributed by atoms with Gasteiger partial charge in [0, 0.05) is 37.7 Å². The molecule has 1 aliphatic heterocycles. The number of piperidine rings is 1. The summed E-state index contributed by atoms with van der Waals surface area (Å²) in [6.07, 6.45) is 7.71. The second-order valence-corrected chi connectivity index (χ2v) is 4.78. The topological polar surface area (TPSA) is 69.7 Å². The van der Waals surface area contributed by atoms with Gasteiger partial charge in [-0.25, -0.2) is 4.98 Å². The fraction of sp³-hybridized carbons (Fsp3) is 0.462. The number of hydrogen-bond donors (Lipinski definition) is 2. The van der Waals surface area contributed by atoms with Gasteiger partial charge in [-0.1, -0.05) is 0 Å². The van der Waals surface area contributed by atoms with Crippen molar-refractivity contribution in [3.8, 4) is 0 Å². The zero-order valence-corrected chi connectivity index (χ0v) is 10.8. The van der Waals surface area contributed by atoms with Crippen LogP contribution in [0.3, 0.4) is 0 Å². The number of hydrogen-bond acceptors (Lipinski definition) is 5. The number of aromatic amines is 1. The van der Waals surface area contributed by atoms with Gasteiger partial charge < -0.3 is 15.2 Å². The molecule has 1 unspecified atom stereocenters. The molecule has 0 amide bonds. The van der Waals surface area contributed by atoms with E-state index in [0.29, 0.717) is 6.04 Å². The van der Waals surface area contributed by atoms with Gasteiger partial charge in [0.1, 0.15) is 5.82 Å². The Labute approximate surface area is 112 Å². The van der Waals surface area contributed by atoms with Crippen molar-refractivity contribution < 1.29 is 0 Å². The maximum Gasteiger partial charge on any atom is 0.151 e. The van der Waals surface area contributed by atoms with E-state index in [-0.39, 0.29) is 0 Å². The number of nitrogens with one attached hydrogen (secondary N) is 2. The van der Waals surface area contributed by atoms with Crippen molar-refractivity contribution in [3.05, 3.63) is 36.5 Å². The SMILES string of the molecule is c1cnnc(N2CCCC(NCc3ncc[nH]3)C2)c1. The number of aromatic nitrogens is 4. The predicted octanol–water partition coefficient (Wildman–Crippen LogP) is 0.958. The van der Waals surface area contributed by atoms with Gasteiger partial charge in [0.25, 0.3) is 0 Å². The van der Waals surface area contributed by atoms with Crippen molar-refractivity contribution in [1.29, 1.82) is 0 Å². The van der Waals surface area contributed by atoms with Crippen molar-refractivity contribution in [3.63, 3.8) is 0 Å². The summed E-state index contributed by atoms with van der Waals surface area (Å²) in [5.74, 6) is 1.95. The molecule has 6 heteroatoms. The third-order valence-electron chi connectivity index (χ3n) is 3.42. The highest BCUT2D eigenvalue weighted by molar-refractivity contribution is 5.37. The minimum absolute atomic E-state index is 0.473. The average molecular weight is 258 g/mol. The highest BCUT2D eigenvalue weighted by Gasteiger charge is 2.20. The zero-order valence-electron chi connectivity index (χ0n) is 10.8. The molecule has 19 heavy (non-hydrogen) atoms. The van der Waals surface area contributed by atoms with E-state index in [1.54, 1.807) is 12.4 Å². The first kappa shape index (κ1) is 12.1. The van der Waals surface area contributed by atoms with E-state index in [2.05, 4.69) is 30.4 Å². The quantitative estimate of drug-likeness (QED) is 0.854. The second kappa shape index (κ2) is 5.79. The first-order chi connectivity index (χ1) is 9.42. The fourth-order valence-corrected chi connectivity index (χ4v) is 2.45. The Balaban J connectivity index is 1.56. The van der Waals surface area contributed by atoms with Crippen LogP contribution in [-0.2, 0) is 6.54 Å². The van der Waals surface area contributed by atoms with Crippen LogP contribution in [0.1, 0.15) is 18.7 Å². The lowest BCUT2D eigenvalue weighted by Gasteiger charge is -2.33. The van der Waals surface area contributed by atoms with E-state index in [0.717, 1.165) is 31.3 Å². The molecular formula is C13H18N6. The molecule has 1 fully saturated rings. The molecule has 3 rings (SSSR count). The Morgan fingerprint density at radius 3 is 3.21 bits per heavy atom. The van der Waals surface area contributed by atoms with Crippen LogP contribution in [0, 0.1) is 0 Å². The molecule has 2 N–H and O–H groups in total. The molecule has 1 aliphatic rings. The normalized spacial score (nSPS) is 19.6. The van der Waals surface area contributed by atoms with E-state index in [4.69, 9.17) is 0 Å². The molecule has 6 nitrogen and oxygen atoms in total. The summed E-state index contributed by atoms with van der Waals surface area (Å²) in [6.45, 7) is 2.81. The maximum atomic E-state index is 4.22. The molecular weight excluding hydrogens is 240 g/mol. The van der Waals surface area contributed by atoms with Crippen LogP contribution in [0.25, 0.3) is 0 Å². The number of nitrogens with zero attached hydrogens (tertiary/aromatic N) is 4. The predicted molar refractivity (Wildman–Crippen MR) is 72.7 cm³/mol. The summed E-state index contributed by atoms with van der Waals surface area (Å²) in [7, 11) is 0. The van der Waals surface area contributed by atoms with Gasteiger partial charge >= 0.3 is 0 Å². The number of rotatable bonds is 4. The van der Waals surface area contributed by atoms with E-state index >= 15 is 0 Å². The van der Waals surface area contributed by atoms with Crippen molar-refractivity contribution in [1.82, 2.24) is 25.5 Å². The van der Waals surface area contributed by atoms with E-state index in [9.17, 15) is 0 Å². The molecule has 0 bridgehead atoms. The fourth-order valence-electron chi connectivity index (χ4n) is 2.45. The highest BCUT2D eigenvalue weighted by atomic mass is 15.3. The van der Waals surface area contributed by atoms with Crippen molar-refractivity contribution in [2.45, 2.75) is 25.4 Å². The van der Waals surface area contributed by atoms with Crippen LogP contribution in [0.2, 0.25) is 0 Å². The third kappa shape index (κ3) is 3.08. The molecule has 2 aromatic heterocycles. The molecule has 2 aromatic rings. The van der Waals surface area contributed by atoms with E-state index in [1.165, 1.54) is 12.8 Å². The Kier molecular flexibility index (Phi) is 3.69. The minimum Gasteiger partial charge on any atom is -0.354 e. The van der Waals surface area contributed by atoms with E-state index in [1.807, 2.05) is 18.3 Å². The lowest BCUT2D eigenvalue weighted by molar-refractivity contribution is 0.416. The molecule has 0 aromatic carbocycles. The van der Waals surface area contributed by atoms with Crippen LogP contribution in [0.5, 0.6) is 0 Å². The number of H-pyrrole nitrogens is 1. The van der Waals surface area contributed by atoms with E-state index < -0.39 is 0 Å². The molecule has 100 valence electrons. The zero-order chi connectivity index (χ0) is 12.9. The van der Waals surface area contributed by atoms with Gasteiger partial charge in [0.2, 0.25) is 0 Å². The molecule has 3 heterocycles. The van der Waals surface area contributed by atoms with Crippen molar-refractivity contribution in [2.24, 2.45) is 0 Å². The smallest absolute Gasteiger partial charge is 0.151 e. The lowest BCUT2D eigenvalue weighted by atomic mass is 10.1. The number of anilines is 1. The van der Waals surface area contributed by atoms with Crippen LogP contribution in [0.15, 0.2) is 30.7 Å². The van der Waals surface area contributed by atoms with Gasteiger partial charge in [-0.05, 0) is 25.0 Å². The maximum absolute atomic E-state index is 4.22. The largest absolute Gasteiger partial charge is 0.354 e. The molecule has 0 aliphatic carbocycles. The summed E-state index contributed by atoms with van der Waals surface area (Å²) < 4.78 is 0. The van der Waals surface area contributed by atoms with Gasteiger partial charge in [-0.2, -0.15) is 5.10 Å². The van der Waals surface area contributed by atoms with Crippen molar-refractivity contribution >= 4 is 5.82 Å². The van der Waals surface area contributed by atoms with Crippen molar-refractivity contribution in [2.75, 3.05) is 18.0 Å². The Bertz CT molecular complexity index is 483. The minimum atomic E-state index is 0.473. The lowest BCUT2D eigenvalue weighted by Crippen LogP contribution is -2.46. The van der Waals surface area contributed by atoms with Crippen LogP contribution in [0.4, 0.5) is 5.82 Å². The monoisotopic (exact) mass is 258 g/mol. The third-order valence-corrected chi connectivity index (χ3v) is 3.42. The summed E-state index contributed by atoms with van der Waals surface area (Å²) in [5.41, 5.74) is 0. The van der Waals surface area contributed by atoms with Crippen LogP contribution in [-0.4, -0.2) is 39.3 Å². The van der Waals surface area contributed by atoms with Gasteiger partial charge in [-0.3, -0.25) is 0 Å². The second-order valence-electron chi connectivity index (χ2n) is 4.78. The Hall–Kier alpha value is -1.95. The first-order valence-electron chi connectivity index (χ1n) is 6.66. The van der Waals surface area contributed by atoms with Crippen LogP contribution >= 0.6 is 0 Å². The molecule has 1 atom stereocenters. The van der Waals surface area contributed by atoms with Gasteiger partial charge in [0.05, 0.1) is 6.54 Å². The molecule has 0 saturated carbocycles. The summed E-state index contributed by atoms with van der Waals surface area (Å²) in [6, 6.07) is 4.42. The summed E-state index contributed by atoms with van der Waals surface area (Å²) in [5, 5.41) is 11.7. The summed E-state index contributed by atoms with van der Waals surface area (Å²) >= 11 is 0. The summed E-state index contributed by atoms with van der Waals surface area (Å²) in [4.78, 5) is 9.62. The van der Waals surface area contributed by atoms with Crippen LogP contribution < -0.4 is 10.2 Å². The van der Waals surface area contributed by atoms with Gasteiger partial charge in [-0.15, -0.1) is 5.10 Å².